The van der Waals surface area contributed by atoms with Crippen LogP contribution in [-0.2, 0) is 4.79 Å². The summed E-state index contributed by atoms with van der Waals surface area (Å²) >= 11 is 5.81. The molecule has 1 aliphatic rings. The van der Waals surface area contributed by atoms with Gasteiger partial charge in [0.1, 0.15) is 11.9 Å². The number of likely N-dealkylation sites (N-methyl/N-ethyl adjacent to an activating group) is 1. The normalized spacial score (nSPS) is 16.6. The quantitative estimate of drug-likeness (QED) is 0.801. The van der Waals surface area contributed by atoms with E-state index in [1.807, 2.05) is 0 Å². The van der Waals surface area contributed by atoms with Gasteiger partial charge >= 0.3 is 6.01 Å². The second-order valence-corrected chi connectivity index (χ2v) is 4.89. The van der Waals surface area contributed by atoms with Crippen LogP contribution in [-0.4, -0.2) is 35.7 Å². The van der Waals surface area contributed by atoms with E-state index in [1.54, 1.807) is 18.9 Å². The van der Waals surface area contributed by atoms with E-state index in [0.29, 0.717) is 17.9 Å². The van der Waals surface area contributed by atoms with E-state index in [1.165, 1.54) is 0 Å². The molecule has 1 amide bonds. The highest BCUT2D eigenvalue weighted by Crippen LogP contribution is 2.21. The van der Waals surface area contributed by atoms with E-state index < -0.39 is 0 Å². The van der Waals surface area contributed by atoms with Crippen LogP contribution in [0.5, 0.6) is 0 Å². The highest BCUT2D eigenvalue weighted by molar-refractivity contribution is 6.20. The molecule has 1 aliphatic carbocycles. The van der Waals surface area contributed by atoms with Crippen LogP contribution in [0.4, 0.5) is 6.01 Å². The summed E-state index contributed by atoms with van der Waals surface area (Å²) in [4.78, 5) is 13.2. The van der Waals surface area contributed by atoms with Gasteiger partial charge in [-0.1, -0.05) is 5.10 Å². The lowest BCUT2D eigenvalue weighted by molar-refractivity contribution is -0.119. The SMILES string of the molecule is CC(Cl)c1nnc(N(C)CC(=O)NC2CC2)o1. The van der Waals surface area contributed by atoms with Gasteiger partial charge in [0, 0.05) is 13.1 Å². The smallest absolute Gasteiger partial charge is 0.318 e. The number of amides is 1. The number of nitrogens with one attached hydrogen (secondary N) is 1. The Hall–Kier alpha value is -1.30. The van der Waals surface area contributed by atoms with Gasteiger partial charge < -0.3 is 14.6 Å². The summed E-state index contributed by atoms with van der Waals surface area (Å²) < 4.78 is 5.32. The van der Waals surface area contributed by atoms with E-state index in [0.717, 1.165) is 12.8 Å². The summed E-state index contributed by atoms with van der Waals surface area (Å²) in [6, 6.07) is 0.662. The van der Waals surface area contributed by atoms with Crippen LogP contribution in [0, 0.1) is 0 Å². The van der Waals surface area contributed by atoms with E-state index in [-0.39, 0.29) is 17.8 Å². The molecule has 94 valence electrons. The molecule has 0 aromatic carbocycles. The van der Waals surface area contributed by atoms with Gasteiger partial charge in [-0.3, -0.25) is 4.79 Å². The van der Waals surface area contributed by atoms with Gasteiger partial charge in [-0.05, 0) is 19.8 Å². The first-order valence-corrected chi connectivity index (χ1v) is 5.98. The molecule has 0 radical (unpaired) electrons. The molecule has 1 aromatic heterocycles. The molecule has 1 unspecified atom stereocenters. The monoisotopic (exact) mass is 258 g/mol. The van der Waals surface area contributed by atoms with Crippen molar-refractivity contribution in [2.75, 3.05) is 18.5 Å². The zero-order valence-corrected chi connectivity index (χ0v) is 10.6. The van der Waals surface area contributed by atoms with Crippen molar-refractivity contribution in [3.63, 3.8) is 0 Å². The standard InChI is InChI=1S/C10H15ClN4O2/c1-6(11)9-13-14-10(17-9)15(2)5-8(16)12-7-3-4-7/h6-7H,3-5H2,1-2H3,(H,12,16). The fourth-order valence-electron chi connectivity index (χ4n) is 1.33. The highest BCUT2D eigenvalue weighted by atomic mass is 35.5. The van der Waals surface area contributed by atoms with Gasteiger partial charge in [0.25, 0.3) is 0 Å². The third kappa shape index (κ3) is 3.33. The van der Waals surface area contributed by atoms with Crippen molar-refractivity contribution in [3.05, 3.63) is 5.89 Å². The first kappa shape index (κ1) is 12.2. The van der Waals surface area contributed by atoms with Crippen LogP contribution in [0.3, 0.4) is 0 Å². The van der Waals surface area contributed by atoms with Gasteiger partial charge in [-0.15, -0.1) is 16.7 Å². The molecule has 17 heavy (non-hydrogen) atoms. The Labute approximate surface area is 104 Å². The molecule has 7 heteroatoms. The van der Waals surface area contributed by atoms with Crippen LogP contribution in [0.2, 0.25) is 0 Å². The highest BCUT2D eigenvalue weighted by Gasteiger charge is 2.24. The maximum absolute atomic E-state index is 11.5. The Kier molecular flexibility index (Phi) is 3.51. The zero-order valence-electron chi connectivity index (χ0n) is 9.81. The third-order valence-electron chi connectivity index (χ3n) is 2.42. The van der Waals surface area contributed by atoms with E-state index in [2.05, 4.69) is 15.5 Å². The topological polar surface area (TPSA) is 71.3 Å². The molecule has 0 spiro atoms. The molecule has 1 heterocycles. The lowest BCUT2D eigenvalue weighted by Crippen LogP contribution is -2.36. The average molecular weight is 259 g/mol. The summed E-state index contributed by atoms with van der Waals surface area (Å²) in [7, 11) is 1.72. The van der Waals surface area contributed by atoms with Crippen molar-refractivity contribution >= 4 is 23.5 Å². The van der Waals surface area contributed by atoms with Crippen molar-refractivity contribution in [1.82, 2.24) is 15.5 Å². The van der Waals surface area contributed by atoms with Gasteiger partial charge in [0.05, 0.1) is 0 Å². The molecule has 1 saturated carbocycles. The maximum atomic E-state index is 11.5. The lowest BCUT2D eigenvalue weighted by Gasteiger charge is -2.13. The third-order valence-corrected chi connectivity index (χ3v) is 2.61. The van der Waals surface area contributed by atoms with Crippen LogP contribution < -0.4 is 10.2 Å². The van der Waals surface area contributed by atoms with Crippen molar-refractivity contribution in [2.24, 2.45) is 0 Å². The van der Waals surface area contributed by atoms with E-state index in [9.17, 15) is 4.79 Å². The van der Waals surface area contributed by atoms with Crippen molar-refractivity contribution < 1.29 is 9.21 Å². The van der Waals surface area contributed by atoms with Crippen LogP contribution in [0.25, 0.3) is 0 Å². The molecule has 1 aromatic rings. The molecule has 0 aliphatic heterocycles. The van der Waals surface area contributed by atoms with Gasteiger partial charge in [0.15, 0.2) is 0 Å². The Morgan fingerprint density at radius 1 is 1.65 bits per heavy atom. The van der Waals surface area contributed by atoms with Crippen LogP contribution in [0.1, 0.15) is 31.0 Å². The Morgan fingerprint density at radius 3 is 2.88 bits per heavy atom. The van der Waals surface area contributed by atoms with E-state index in [4.69, 9.17) is 16.0 Å². The lowest BCUT2D eigenvalue weighted by atomic mass is 10.5. The second kappa shape index (κ2) is 4.91. The number of hydrogen-bond acceptors (Lipinski definition) is 5. The maximum Gasteiger partial charge on any atom is 0.318 e. The van der Waals surface area contributed by atoms with Crippen molar-refractivity contribution in [2.45, 2.75) is 31.2 Å². The van der Waals surface area contributed by atoms with Crippen molar-refractivity contribution in [1.29, 1.82) is 0 Å². The Morgan fingerprint density at radius 2 is 2.35 bits per heavy atom. The number of aromatic nitrogens is 2. The summed E-state index contributed by atoms with van der Waals surface area (Å²) in [6.07, 6.45) is 2.15. The first-order chi connectivity index (χ1) is 8.06. The number of hydrogen-bond donors (Lipinski definition) is 1. The number of carbonyl (C=O) groups is 1. The van der Waals surface area contributed by atoms with Gasteiger partial charge in [-0.2, -0.15) is 0 Å². The van der Waals surface area contributed by atoms with Gasteiger partial charge in [-0.25, -0.2) is 0 Å². The predicted molar refractivity (Wildman–Crippen MR) is 63.0 cm³/mol. The summed E-state index contributed by atoms with van der Waals surface area (Å²) in [5.74, 6) is 0.324. The molecule has 0 bridgehead atoms. The Bertz CT molecular complexity index is 403. The minimum atomic E-state index is -0.329. The minimum Gasteiger partial charge on any atom is -0.406 e. The summed E-state index contributed by atoms with van der Waals surface area (Å²) in [5.41, 5.74) is 0. The second-order valence-electron chi connectivity index (χ2n) is 4.24. The number of anilines is 1. The molecular formula is C10H15ClN4O2. The number of alkyl halides is 1. The molecular weight excluding hydrogens is 244 g/mol. The fraction of sp³-hybridized carbons (Fsp3) is 0.700. The molecule has 0 saturated heterocycles. The van der Waals surface area contributed by atoms with Gasteiger partial charge in [0.2, 0.25) is 11.8 Å². The fourth-order valence-corrected chi connectivity index (χ4v) is 1.41. The van der Waals surface area contributed by atoms with Crippen LogP contribution in [0.15, 0.2) is 4.42 Å². The average Bonchev–Trinajstić information content (AvgIpc) is 2.92. The summed E-state index contributed by atoms with van der Waals surface area (Å²) in [5, 5.41) is 10.2. The molecule has 1 atom stereocenters. The Balaban J connectivity index is 1.88. The molecule has 6 nitrogen and oxygen atoms in total. The van der Waals surface area contributed by atoms with E-state index >= 15 is 0 Å². The van der Waals surface area contributed by atoms with Crippen LogP contribution >= 0.6 is 11.6 Å². The molecule has 1 fully saturated rings. The number of rotatable bonds is 5. The zero-order chi connectivity index (χ0) is 12.4. The number of nitrogens with zero attached hydrogens (tertiary/aromatic N) is 3. The number of carbonyl (C=O) groups excluding carboxylic acids is 1. The molecule has 2 rings (SSSR count). The summed E-state index contributed by atoms with van der Waals surface area (Å²) in [6.45, 7) is 1.95. The van der Waals surface area contributed by atoms with Crippen molar-refractivity contribution in [3.8, 4) is 0 Å². The minimum absolute atomic E-state index is 0.0336. The largest absolute Gasteiger partial charge is 0.406 e. The number of halogens is 1. The molecule has 1 N–H and O–H groups in total. The first-order valence-electron chi connectivity index (χ1n) is 5.54. The predicted octanol–water partition coefficient (Wildman–Crippen LogP) is 1.08.